The quantitative estimate of drug-likeness (QED) is 0.860. The van der Waals surface area contributed by atoms with Gasteiger partial charge in [-0.2, -0.15) is 0 Å². The molecule has 3 nitrogen and oxygen atoms in total. The highest BCUT2D eigenvalue weighted by Gasteiger charge is 2.72. The molecule has 0 saturated heterocycles. The first kappa shape index (κ1) is 11.7. The fourth-order valence-electron chi connectivity index (χ4n) is 3.80. The van der Waals surface area contributed by atoms with Crippen LogP contribution in [0.3, 0.4) is 0 Å². The topological polar surface area (TPSA) is 63.3 Å². The second kappa shape index (κ2) is 3.32. The van der Waals surface area contributed by atoms with Crippen LogP contribution in [0.15, 0.2) is 18.2 Å². The summed E-state index contributed by atoms with van der Waals surface area (Å²) in [5.41, 5.74) is 6.65. The molecule has 1 aromatic carbocycles. The molecule has 1 atom stereocenters. The van der Waals surface area contributed by atoms with Crippen molar-refractivity contribution in [2.75, 3.05) is 0 Å². The number of rotatable bonds is 3. The van der Waals surface area contributed by atoms with Crippen molar-refractivity contribution in [2.45, 2.75) is 37.6 Å². The number of hydrogen-bond donors (Lipinski definition) is 2. The summed E-state index contributed by atoms with van der Waals surface area (Å²) in [5.74, 6) is -1.09. The molecule has 3 N–H and O–H groups in total. The van der Waals surface area contributed by atoms with Crippen LogP contribution in [0.25, 0.3) is 0 Å². The normalized spacial score (nSPS) is 34.4. The molecule has 1 aromatic rings. The molecule has 0 aliphatic heterocycles. The zero-order valence-electron chi connectivity index (χ0n) is 10.2. The fourth-order valence-corrected chi connectivity index (χ4v) is 3.80. The third-order valence-corrected chi connectivity index (χ3v) is 4.76. The molecule has 3 saturated carbocycles. The summed E-state index contributed by atoms with van der Waals surface area (Å²) in [6.45, 7) is 1.75. The summed E-state index contributed by atoms with van der Waals surface area (Å²) in [5, 5.41) is 8.96. The molecule has 3 fully saturated rings. The predicted octanol–water partition coefficient (Wildman–Crippen LogP) is 1.97. The molecule has 96 valence electrons. The van der Waals surface area contributed by atoms with Gasteiger partial charge >= 0.3 is 5.97 Å². The molecule has 3 aliphatic rings. The fraction of sp³-hybridized carbons (Fsp3) is 0.500. The SMILES string of the molecule is Cc1cccc(C23CC(C(N)C(=O)O)(C2)C3)c1F. The minimum Gasteiger partial charge on any atom is -0.480 e. The van der Waals surface area contributed by atoms with E-state index in [1.807, 2.05) is 12.1 Å². The number of aryl methyl sites for hydroxylation is 1. The Morgan fingerprint density at radius 2 is 2.06 bits per heavy atom. The third kappa shape index (κ3) is 1.24. The minimum atomic E-state index is -0.951. The summed E-state index contributed by atoms with van der Waals surface area (Å²) in [7, 11) is 0. The van der Waals surface area contributed by atoms with Crippen LogP contribution in [0, 0.1) is 18.2 Å². The Morgan fingerprint density at radius 1 is 1.44 bits per heavy atom. The Kier molecular flexibility index (Phi) is 2.15. The van der Waals surface area contributed by atoms with Gasteiger partial charge in [0, 0.05) is 5.41 Å². The summed E-state index contributed by atoms with van der Waals surface area (Å²) >= 11 is 0. The van der Waals surface area contributed by atoms with Crippen LogP contribution in [0.4, 0.5) is 4.39 Å². The average molecular weight is 249 g/mol. The van der Waals surface area contributed by atoms with Crippen LogP contribution in [-0.2, 0) is 10.2 Å². The molecule has 1 unspecified atom stereocenters. The Labute approximate surface area is 105 Å². The smallest absolute Gasteiger partial charge is 0.321 e. The van der Waals surface area contributed by atoms with Gasteiger partial charge in [0.1, 0.15) is 11.9 Å². The van der Waals surface area contributed by atoms with E-state index < -0.39 is 12.0 Å². The molecule has 4 heteroatoms. The lowest BCUT2D eigenvalue weighted by Gasteiger charge is -2.72. The van der Waals surface area contributed by atoms with E-state index in [1.165, 1.54) is 0 Å². The summed E-state index contributed by atoms with van der Waals surface area (Å²) in [4.78, 5) is 10.9. The maximum atomic E-state index is 14.1. The van der Waals surface area contributed by atoms with Crippen LogP contribution < -0.4 is 5.73 Å². The molecule has 0 heterocycles. The van der Waals surface area contributed by atoms with Crippen molar-refractivity contribution in [1.29, 1.82) is 0 Å². The summed E-state index contributed by atoms with van der Waals surface area (Å²) in [6, 6.07) is 4.62. The molecule has 0 spiro atoms. The lowest BCUT2D eigenvalue weighted by molar-refractivity contribution is -0.179. The number of carboxylic acids is 1. The zero-order valence-corrected chi connectivity index (χ0v) is 10.2. The van der Waals surface area contributed by atoms with Crippen molar-refractivity contribution in [2.24, 2.45) is 11.1 Å². The molecule has 0 amide bonds. The number of hydrogen-bond acceptors (Lipinski definition) is 2. The lowest BCUT2D eigenvalue weighted by atomic mass is 9.31. The van der Waals surface area contributed by atoms with Crippen molar-refractivity contribution >= 4 is 5.97 Å². The van der Waals surface area contributed by atoms with Gasteiger partial charge in [0.2, 0.25) is 0 Å². The molecule has 4 rings (SSSR count). The number of benzene rings is 1. The van der Waals surface area contributed by atoms with Crippen molar-refractivity contribution in [1.82, 2.24) is 0 Å². The first-order chi connectivity index (χ1) is 8.40. The Balaban J connectivity index is 1.84. The van der Waals surface area contributed by atoms with Crippen molar-refractivity contribution in [3.8, 4) is 0 Å². The maximum absolute atomic E-state index is 14.1. The number of carboxylic acid groups (broad SMARTS) is 1. The highest BCUT2D eigenvalue weighted by Crippen LogP contribution is 2.74. The van der Waals surface area contributed by atoms with Gasteiger partial charge in [-0.25, -0.2) is 4.39 Å². The largest absolute Gasteiger partial charge is 0.480 e. The molecular weight excluding hydrogens is 233 g/mol. The van der Waals surface area contributed by atoms with Gasteiger partial charge in [0.15, 0.2) is 0 Å². The van der Waals surface area contributed by atoms with E-state index in [4.69, 9.17) is 10.8 Å². The van der Waals surface area contributed by atoms with Crippen LogP contribution >= 0.6 is 0 Å². The van der Waals surface area contributed by atoms with Crippen molar-refractivity contribution in [3.05, 3.63) is 35.1 Å². The Bertz CT molecular complexity index is 521. The van der Waals surface area contributed by atoms with Crippen LogP contribution in [0.1, 0.15) is 30.4 Å². The lowest BCUT2D eigenvalue weighted by Crippen LogP contribution is -2.72. The first-order valence-electron chi connectivity index (χ1n) is 6.14. The molecule has 2 bridgehead atoms. The number of halogens is 1. The monoisotopic (exact) mass is 249 g/mol. The van der Waals surface area contributed by atoms with Crippen molar-refractivity contribution < 1.29 is 14.3 Å². The van der Waals surface area contributed by atoms with Crippen LogP contribution in [-0.4, -0.2) is 17.1 Å². The van der Waals surface area contributed by atoms with Gasteiger partial charge in [-0.05, 0) is 42.7 Å². The number of nitrogens with two attached hydrogens (primary N) is 1. The number of carbonyl (C=O) groups is 1. The van der Waals surface area contributed by atoms with Gasteiger partial charge < -0.3 is 10.8 Å². The summed E-state index contributed by atoms with van der Waals surface area (Å²) < 4.78 is 14.1. The second-order valence-corrected chi connectivity index (χ2v) is 5.93. The van der Waals surface area contributed by atoms with Gasteiger partial charge in [0.05, 0.1) is 0 Å². The molecule has 0 aromatic heterocycles. The van der Waals surface area contributed by atoms with Gasteiger partial charge in [-0.15, -0.1) is 0 Å². The minimum absolute atomic E-state index is 0.144. The standard InChI is InChI=1S/C14H16FNO2/c1-8-3-2-4-9(10(8)15)13-5-14(6-13,7-13)11(16)12(17)18/h2-4,11H,5-7,16H2,1H3,(H,17,18). The number of aliphatic carboxylic acids is 1. The van der Waals surface area contributed by atoms with E-state index in [9.17, 15) is 9.18 Å². The summed E-state index contributed by atoms with van der Waals surface area (Å²) in [6.07, 6.45) is 2.11. The van der Waals surface area contributed by atoms with Gasteiger partial charge in [0.25, 0.3) is 0 Å². The Morgan fingerprint density at radius 3 is 2.61 bits per heavy atom. The zero-order chi connectivity index (χ0) is 13.1. The average Bonchev–Trinajstić information content (AvgIpc) is 2.20. The molecule has 18 heavy (non-hydrogen) atoms. The highest BCUT2D eigenvalue weighted by atomic mass is 19.1. The van der Waals surface area contributed by atoms with E-state index in [-0.39, 0.29) is 16.6 Å². The van der Waals surface area contributed by atoms with Crippen molar-refractivity contribution in [3.63, 3.8) is 0 Å². The first-order valence-corrected chi connectivity index (χ1v) is 6.14. The van der Waals surface area contributed by atoms with E-state index >= 15 is 0 Å². The van der Waals surface area contributed by atoms with Crippen LogP contribution in [0.2, 0.25) is 0 Å². The van der Waals surface area contributed by atoms with Gasteiger partial charge in [-0.3, -0.25) is 4.79 Å². The highest BCUT2D eigenvalue weighted by molar-refractivity contribution is 5.76. The van der Waals surface area contributed by atoms with E-state index in [0.29, 0.717) is 24.8 Å². The molecule has 3 aliphatic carbocycles. The maximum Gasteiger partial charge on any atom is 0.321 e. The Hall–Kier alpha value is -1.42. The van der Waals surface area contributed by atoms with E-state index in [0.717, 1.165) is 5.56 Å². The van der Waals surface area contributed by atoms with Crippen LogP contribution in [0.5, 0.6) is 0 Å². The van der Waals surface area contributed by atoms with Gasteiger partial charge in [-0.1, -0.05) is 18.2 Å². The van der Waals surface area contributed by atoms with E-state index in [1.54, 1.807) is 13.0 Å². The predicted molar refractivity (Wildman–Crippen MR) is 64.7 cm³/mol. The van der Waals surface area contributed by atoms with E-state index in [2.05, 4.69) is 0 Å². The molecular formula is C14H16FNO2. The third-order valence-electron chi connectivity index (χ3n) is 4.76. The molecule has 0 radical (unpaired) electrons. The second-order valence-electron chi connectivity index (χ2n) is 5.93.